The Bertz CT molecular complexity index is 377. The van der Waals surface area contributed by atoms with E-state index in [1.807, 2.05) is 16.8 Å². The Kier molecular flexibility index (Phi) is 5.78. The van der Waals surface area contributed by atoms with Crippen molar-refractivity contribution in [2.45, 2.75) is 25.0 Å². The van der Waals surface area contributed by atoms with Crippen LogP contribution in [0.4, 0.5) is 0 Å². The molecule has 106 valence electrons. The second-order valence-electron chi connectivity index (χ2n) is 4.64. The van der Waals surface area contributed by atoms with Gasteiger partial charge in [-0.25, -0.2) is 0 Å². The molecule has 5 nitrogen and oxygen atoms in total. The number of hydrogen-bond donors (Lipinski definition) is 3. The predicted molar refractivity (Wildman–Crippen MR) is 74.1 cm³/mol. The van der Waals surface area contributed by atoms with Crippen LogP contribution in [0.1, 0.15) is 24.5 Å². The highest BCUT2D eigenvalue weighted by molar-refractivity contribution is 7.07. The van der Waals surface area contributed by atoms with Crippen LogP contribution < -0.4 is 10.6 Å². The average molecular weight is 284 g/mol. The van der Waals surface area contributed by atoms with E-state index in [1.165, 1.54) is 11.3 Å². The Labute approximate surface area is 117 Å². The summed E-state index contributed by atoms with van der Waals surface area (Å²) in [6, 6.07) is 1.85. The molecule has 1 aliphatic heterocycles. The van der Waals surface area contributed by atoms with Crippen LogP contribution in [-0.2, 0) is 9.53 Å². The fourth-order valence-electron chi connectivity index (χ4n) is 2.00. The first-order valence-electron chi connectivity index (χ1n) is 6.55. The molecule has 2 heterocycles. The molecule has 0 saturated carbocycles. The normalized spacial score (nSPS) is 18.2. The van der Waals surface area contributed by atoms with Gasteiger partial charge in [-0.2, -0.15) is 11.3 Å². The third-order valence-electron chi connectivity index (χ3n) is 3.16. The molecule has 19 heavy (non-hydrogen) atoms. The van der Waals surface area contributed by atoms with Crippen LogP contribution >= 0.6 is 11.3 Å². The lowest BCUT2D eigenvalue weighted by Crippen LogP contribution is -2.36. The SMILES string of the molecule is O=C(COC1CCNCC1)NCC(O)c1ccsc1. The zero-order valence-corrected chi connectivity index (χ0v) is 11.6. The van der Waals surface area contributed by atoms with E-state index in [1.54, 1.807) is 0 Å². The molecule has 1 unspecified atom stereocenters. The molecule has 1 fully saturated rings. The summed E-state index contributed by atoms with van der Waals surface area (Å²) >= 11 is 1.53. The molecule has 0 aromatic carbocycles. The van der Waals surface area contributed by atoms with E-state index in [-0.39, 0.29) is 25.2 Å². The first-order valence-corrected chi connectivity index (χ1v) is 7.49. The minimum atomic E-state index is -0.644. The lowest BCUT2D eigenvalue weighted by atomic mass is 10.1. The molecule has 0 spiro atoms. The molecule has 0 radical (unpaired) electrons. The summed E-state index contributed by atoms with van der Waals surface area (Å²) in [7, 11) is 0. The van der Waals surface area contributed by atoms with E-state index >= 15 is 0 Å². The quantitative estimate of drug-likeness (QED) is 0.718. The maximum absolute atomic E-state index is 11.6. The maximum Gasteiger partial charge on any atom is 0.246 e. The zero-order chi connectivity index (χ0) is 13.5. The summed E-state index contributed by atoms with van der Waals surface area (Å²) in [4.78, 5) is 11.6. The summed E-state index contributed by atoms with van der Waals surface area (Å²) in [6.45, 7) is 2.19. The number of aliphatic hydroxyl groups excluding tert-OH is 1. The number of thiophene rings is 1. The number of aliphatic hydroxyl groups is 1. The van der Waals surface area contributed by atoms with E-state index in [9.17, 15) is 9.90 Å². The van der Waals surface area contributed by atoms with Gasteiger partial charge >= 0.3 is 0 Å². The van der Waals surface area contributed by atoms with Crippen molar-refractivity contribution in [1.82, 2.24) is 10.6 Å². The monoisotopic (exact) mass is 284 g/mol. The van der Waals surface area contributed by atoms with Gasteiger partial charge in [0.2, 0.25) is 5.91 Å². The summed E-state index contributed by atoms with van der Waals surface area (Å²) < 4.78 is 5.54. The van der Waals surface area contributed by atoms with Gasteiger partial charge in [0, 0.05) is 6.54 Å². The van der Waals surface area contributed by atoms with E-state index in [0.29, 0.717) is 0 Å². The molecule has 0 aliphatic carbocycles. The smallest absolute Gasteiger partial charge is 0.246 e. The molecule has 3 N–H and O–H groups in total. The van der Waals surface area contributed by atoms with Crippen molar-refractivity contribution in [3.05, 3.63) is 22.4 Å². The second kappa shape index (κ2) is 7.59. The van der Waals surface area contributed by atoms with Crippen LogP contribution in [0.2, 0.25) is 0 Å². The summed E-state index contributed by atoms with van der Waals surface area (Å²) in [5.74, 6) is -0.173. The summed E-state index contributed by atoms with van der Waals surface area (Å²) in [5, 5.41) is 19.5. The zero-order valence-electron chi connectivity index (χ0n) is 10.8. The highest BCUT2D eigenvalue weighted by atomic mass is 32.1. The number of amides is 1. The van der Waals surface area contributed by atoms with E-state index in [0.717, 1.165) is 31.5 Å². The van der Waals surface area contributed by atoms with Crippen LogP contribution in [0.25, 0.3) is 0 Å². The van der Waals surface area contributed by atoms with Gasteiger partial charge < -0.3 is 20.5 Å². The van der Waals surface area contributed by atoms with Crippen LogP contribution in [0, 0.1) is 0 Å². The number of ether oxygens (including phenoxy) is 1. The predicted octanol–water partition coefficient (Wildman–Crippen LogP) is 0.666. The molecule has 1 amide bonds. The Morgan fingerprint density at radius 2 is 2.37 bits per heavy atom. The van der Waals surface area contributed by atoms with Crippen molar-refractivity contribution in [3.63, 3.8) is 0 Å². The van der Waals surface area contributed by atoms with Crippen molar-refractivity contribution in [1.29, 1.82) is 0 Å². The maximum atomic E-state index is 11.6. The van der Waals surface area contributed by atoms with Crippen molar-refractivity contribution < 1.29 is 14.6 Å². The van der Waals surface area contributed by atoms with Crippen LogP contribution in [0.5, 0.6) is 0 Å². The number of carbonyl (C=O) groups excluding carboxylic acids is 1. The van der Waals surface area contributed by atoms with Crippen LogP contribution in [0.15, 0.2) is 16.8 Å². The fraction of sp³-hybridized carbons (Fsp3) is 0.615. The van der Waals surface area contributed by atoms with Gasteiger partial charge in [-0.3, -0.25) is 4.79 Å². The molecule has 1 saturated heterocycles. The molecular weight excluding hydrogens is 264 g/mol. The molecule has 1 aliphatic rings. The minimum absolute atomic E-state index is 0.0705. The van der Waals surface area contributed by atoms with Gasteiger partial charge in [0.15, 0.2) is 0 Å². The molecule has 1 aromatic rings. The molecular formula is C13H20N2O3S. The van der Waals surface area contributed by atoms with Gasteiger partial charge in [-0.1, -0.05) is 0 Å². The van der Waals surface area contributed by atoms with Crippen LogP contribution in [0.3, 0.4) is 0 Å². The van der Waals surface area contributed by atoms with Gasteiger partial charge in [-0.15, -0.1) is 0 Å². The molecule has 1 atom stereocenters. The van der Waals surface area contributed by atoms with E-state index in [4.69, 9.17) is 4.74 Å². The van der Waals surface area contributed by atoms with Crippen molar-refractivity contribution in [3.8, 4) is 0 Å². The third-order valence-corrected chi connectivity index (χ3v) is 3.86. The Morgan fingerprint density at radius 3 is 3.05 bits per heavy atom. The number of rotatable bonds is 6. The Hall–Kier alpha value is -0.950. The van der Waals surface area contributed by atoms with E-state index in [2.05, 4.69) is 10.6 Å². The largest absolute Gasteiger partial charge is 0.387 e. The Morgan fingerprint density at radius 1 is 1.58 bits per heavy atom. The number of hydrogen-bond acceptors (Lipinski definition) is 5. The number of carbonyl (C=O) groups is 1. The lowest BCUT2D eigenvalue weighted by molar-refractivity contribution is -0.128. The topological polar surface area (TPSA) is 70.6 Å². The molecule has 0 bridgehead atoms. The summed E-state index contributed by atoms with van der Waals surface area (Å²) in [5.41, 5.74) is 0.838. The third kappa shape index (κ3) is 4.91. The highest BCUT2D eigenvalue weighted by Crippen LogP contribution is 2.15. The molecule has 1 aromatic heterocycles. The molecule has 6 heteroatoms. The first kappa shape index (κ1) is 14.5. The number of piperidine rings is 1. The van der Waals surface area contributed by atoms with Gasteiger partial charge in [0.25, 0.3) is 0 Å². The van der Waals surface area contributed by atoms with Crippen molar-refractivity contribution in [2.24, 2.45) is 0 Å². The number of nitrogens with one attached hydrogen (secondary N) is 2. The Balaban J connectivity index is 1.61. The second-order valence-corrected chi connectivity index (χ2v) is 5.42. The van der Waals surface area contributed by atoms with Crippen molar-refractivity contribution >= 4 is 17.2 Å². The van der Waals surface area contributed by atoms with Crippen LogP contribution in [-0.4, -0.2) is 43.4 Å². The van der Waals surface area contributed by atoms with Gasteiger partial charge in [0.05, 0.1) is 12.2 Å². The van der Waals surface area contributed by atoms with Gasteiger partial charge in [-0.05, 0) is 48.3 Å². The first-order chi connectivity index (χ1) is 9.25. The molecule has 2 rings (SSSR count). The summed E-state index contributed by atoms with van der Waals surface area (Å²) in [6.07, 6.45) is 1.43. The van der Waals surface area contributed by atoms with Gasteiger partial charge in [0.1, 0.15) is 6.61 Å². The lowest BCUT2D eigenvalue weighted by Gasteiger charge is -2.22. The average Bonchev–Trinajstić information content (AvgIpc) is 2.98. The minimum Gasteiger partial charge on any atom is -0.387 e. The fourth-order valence-corrected chi connectivity index (χ4v) is 2.71. The standard InChI is InChI=1S/C13H20N2O3S/c16-12(10-3-6-19-9-10)7-15-13(17)8-18-11-1-4-14-5-2-11/h3,6,9,11-12,14,16H,1-2,4-5,7-8H2,(H,15,17). The highest BCUT2D eigenvalue weighted by Gasteiger charge is 2.15. The van der Waals surface area contributed by atoms with E-state index < -0.39 is 6.10 Å². The van der Waals surface area contributed by atoms with Crippen molar-refractivity contribution in [2.75, 3.05) is 26.2 Å².